The number of amides is 1. The molecular formula is C29H29FN4O2. The highest BCUT2D eigenvalue weighted by Crippen LogP contribution is 2.28. The Morgan fingerprint density at radius 1 is 1.03 bits per heavy atom. The van der Waals surface area contributed by atoms with Crippen LogP contribution in [0.2, 0.25) is 0 Å². The Labute approximate surface area is 210 Å². The summed E-state index contributed by atoms with van der Waals surface area (Å²) in [7, 11) is 0. The van der Waals surface area contributed by atoms with Crippen LogP contribution in [0, 0.1) is 12.7 Å². The third-order valence-electron chi connectivity index (χ3n) is 6.40. The second-order valence-corrected chi connectivity index (χ2v) is 9.43. The van der Waals surface area contributed by atoms with E-state index in [1.54, 1.807) is 24.4 Å². The van der Waals surface area contributed by atoms with Crippen LogP contribution in [0.4, 0.5) is 15.9 Å². The van der Waals surface area contributed by atoms with Crippen molar-refractivity contribution in [3.05, 3.63) is 89.9 Å². The lowest BCUT2D eigenvalue weighted by Gasteiger charge is -2.37. The number of ether oxygens (including phenoxy) is 1. The number of hydrogen-bond acceptors (Lipinski definition) is 5. The van der Waals surface area contributed by atoms with E-state index in [-0.39, 0.29) is 11.4 Å². The molecule has 2 unspecified atom stereocenters. The number of halogens is 1. The second-order valence-electron chi connectivity index (χ2n) is 9.43. The van der Waals surface area contributed by atoms with E-state index in [0.717, 1.165) is 24.2 Å². The van der Waals surface area contributed by atoms with Crippen molar-refractivity contribution in [3.8, 4) is 11.5 Å². The maximum absolute atomic E-state index is 14.9. The van der Waals surface area contributed by atoms with E-state index < -0.39 is 11.7 Å². The van der Waals surface area contributed by atoms with Crippen molar-refractivity contribution in [2.45, 2.75) is 32.9 Å². The summed E-state index contributed by atoms with van der Waals surface area (Å²) in [4.78, 5) is 19.1. The lowest BCUT2D eigenvalue weighted by molar-refractivity contribution is 0.102. The van der Waals surface area contributed by atoms with Gasteiger partial charge in [0, 0.05) is 43.1 Å². The number of piperazine rings is 1. The molecule has 1 amide bonds. The number of nitrogens with zero attached hydrogens (tertiary/aromatic N) is 2. The van der Waals surface area contributed by atoms with E-state index >= 15 is 0 Å². The number of carbonyl (C=O) groups excluding carboxylic acids is 1. The first-order valence-electron chi connectivity index (χ1n) is 12.1. The zero-order chi connectivity index (χ0) is 25.2. The Hall–Kier alpha value is -3.97. The van der Waals surface area contributed by atoms with Crippen LogP contribution in [0.5, 0.6) is 11.5 Å². The molecule has 2 atom stereocenters. The van der Waals surface area contributed by atoms with Gasteiger partial charge in [0.25, 0.3) is 5.91 Å². The van der Waals surface area contributed by atoms with Crippen LogP contribution < -0.4 is 20.3 Å². The number of benzene rings is 3. The van der Waals surface area contributed by atoms with Gasteiger partial charge in [0.2, 0.25) is 0 Å². The smallest absolute Gasteiger partial charge is 0.259 e. The van der Waals surface area contributed by atoms with Gasteiger partial charge in [-0.2, -0.15) is 0 Å². The van der Waals surface area contributed by atoms with Gasteiger partial charge in [0.1, 0.15) is 23.1 Å². The monoisotopic (exact) mass is 484 g/mol. The Morgan fingerprint density at radius 3 is 2.58 bits per heavy atom. The molecule has 0 radical (unpaired) electrons. The van der Waals surface area contributed by atoms with Gasteiger partial charge in [-0.05, 0) is 73.5 Å². The van der Waals surface area contributed by atoms with Crippen LogP contribution in [0.15, 0.2) is 72.9 Å². The Balaban J connectivity index is 1.29. The van der Waals surface area contributed by atoms with E-state index in [0.29, 0.717) is 23.6 Å². The van der Waals surface area contributed by atoms with E-state index in [4.69, 9.17) is 4.74 Å². The number of pyridine rings is 1. The number of hydrogen-bond donors (Lipinski definition) is 2. The summed E-state index contributed by atoms with van der Waals surface area (Å²) in [6.45, 7) is 7.84. The summed E-state index contributed by atoms with van der Waals surface area (Å²) in [5.74, 6) is 0.344. The molecule has 0 bridgehead atoms. The first-order valence-corrected chi connectivity index (χ1v) is 12.1. The summed E-state index contributed by atoms with van der Waals surface area (Å²) in [6.07, 6.45) is 1.54. The van der Waals surface area contributed by atoms with Crippen LogP contribution in [0.3, 0.4) is 0 Å². The average Bonchev–Trinajstić information content (AvgIpc) is 2.83. The number of aromatic nitrogens is 1. The quantitative estimate of drug-likeness (QED) is 0.368. The number of anilines is 2. The van der Waals surface area contributed by atoms with Crippen LogP contribution >= 0.6 is 0 Å². The molecule has 0 spiro atoms. The highest BCUT2D eigenvalue weighted by molar-refractivity contribution is 6.04. The molecule has 2 heterocycles. The van der Waals surface area contributed by atoms with Crippen LogP contribution in [-0.4, -0.2) is 36.1 Å². The molecule has 4 aromatic rings. The van der Waals surface area contributed by atoms with Crippen LogP contribution in [0.1, 0.15) is 29.8 Å². The predicted molar refractivity (Wildman–Crippen MR) is 142 cm³/mol. The standard InChI is InChI=1S/C29H29FN4O2/c1-18-5-4-6-21-13-23(8-10-25(18)21)36-24-11-12-31-28(15-24)33-29(35)26-9-7-22(14-27(26)30)34-16-19(2)32-20(3)17-34/h4-15,19-20,32H,16-17H2,1-3H3,(H,31,33,35). The molecule has 36 heavy (non-hydrogen) atoms. The minimum atomic E-state index is -0.567. The summed E-state index contributed by atoms with van der Waals surface area (Å²) in [5, 5.41) is 8.40. The van der Waals surface area contributed by atoms with Gasteiger partial charge in [-0.25, -0.2) is 9.37 Å². The first-order chi connectivity index (χ1) is 17.4. The Bertz CT molecular complexity index is 1410. The molecule has 1 aromatic heterocycles. The van der Waals surface area contributed by atoms with Crippen molar-refractivity contribution in [1.82, 2.24) is 10.3 Å². The van der Waals surface area contributed by atoms with Gasteiger partial charge < -0.3 is 20.3 Å². The zero-order valence-corrected chi connectivity index (χ0v) is 20.6. The maximum atomic E-state index is 14.9. The molecular weight excluding hydrogens is 455 g/mol. The molecule has 1 aliphatic heterocycles. The van der Waals surface area contributed by atoms with E-state index in [1.807, 2.05) is 30.3 Å². The van der Waals surface area contributed by atoms with Crippen molar-refractivity contribution in [1.29, 1.82) is 0 Å². The number of fused-ring (bicyclic) bond motifs is 1. The lowest BCUT2D eigenvalue weighted by atomic mass is 10.1. The second kappa shape index (κ2) is 9.95. The van der Waals surface area contributed by atoms with Crippen molar-refractivity contribution in [2.75, 3.05) is 23.3 Å². The number of rotatable bonds is 5. The van der Waals surface area contributed by atoms with Crippen molar-refractivity contribution < 1.29 is 13.9 Å². The highest BCUT2D eigenvalue weighted by atomic mass is 19.1. The van der Waals surface area contributed by atoms with Gasteiger partial charge in [-0.3, -0.25) is 4.79 Å². The summed E-state index contributed by atoms with van der Waals surface area (Å²) in [6, 6.07) is 20.7. The third-order valence-corrected chi connectivity index (χ3v) is 6.40. The fourth-order valence-electron chi connectivity index (χ4n) is 4.77. The molecule has 7 heteroatoms. The minimum absolute atomic E-state index is 0.0343. The molecule has 5 rings (SSSR count). The van der Waals surface area contributed by atoms with Crippen LogP contribution in [-0.2, 0) is 0 Å². The lowest BCUT2D eigenvalue weighted by Crippen LogP contribution is -2.54. The molecule has 3 aromatic carbocycles. The van der Waals surface area contributed by atoms with E-state index in [2.05, 4.69) is 47.4 Å². The Morgan fingerprint density at radius 2 is 1.81 bits per heavy atom. The number of nitrogens with one attached hydrogen (secondary N) is 2. The molecule has 1 saturated heterocycles. The molecule has 1 aliphatic rings. The van der Waals surface area contributed by atoms with Crippen molar-refractivity contribution >= 4 is 28.2 Å². The third kappa shape index (κ3) is 5.16. The molecule has 0 aliphatic carbocycles. The van der Waals surface area contributed by atoms with Gasteiger partial charge in [0.05, 0.1) is 5.56 Å². The summed E-state index contributed by atoms with van der Waals surface area (Å²) < 4.78 is 20.9. The topological polar surface area (TPSA) is 66.5 Å². The SMILES string of the molecule is Cc1cccc2cc(Oc3ccnc(NC(=O)c4ccc(N5CC(C)NC(C)C5)cc4F)c3)ccc12. The molecule has 0 saturated carbocycles. The van der Waals surface area contributed by atoms with Gasteiger partial charge >= 0.3 is 0 Å². The van der Waals surface area contributed by atoms with E-state index in [1.165, 1.54) is 23.1 Å². The summed E-state index contributed by atoms with van der Waals surface area (Å²) in [5.41, 5.74) is 1.93. The molecule has 2 N–H and O–H groups in total. The number of aryl methyl sites for hydroxylation is 1. The predicted octanol–water partition coefficient (Wildman–Crippen LogP) is 5.91. The van der Waals surface area contributed by atoms with Crippen LogP contribution in [0.25, 0.3) is 10.8 Å². The first kappa shape index (κ1) is 23.8. The van der Waals surface area contributed by atoms with E-state index in [9.17, 15) is 9.18 Å². The normalized spacial score (nSPS) is 17.7. The molecule has 184 valence electrons. The number of carbonyl (C=O) groups is 1. The fraction of sp³-hybridized carbons (Fsp3) is 0.241. The largest absolute Gasteiger partial charge is 0.457 e. The van der Waals surface area contributed by atoms with Crippen molar-refractivity contribution in [3.63, 3.8) is 0 Å². The Kier molecular flexibility index (Phi) is 6.57. The van der Waals surface area contributed by atoms with Gasteiger partial charge in [-0.1, -0.05) is 24.3 Å². The maximum Gasteiger partial charge on any atom is 0.259 e. The van der Waals surface area contributed by atoms with Gasteiger partial charge in [0.15, 0.2) is 0 Å². The summed E-state index contributed by atoms with van der Waals surface area (Å²) >= 11 is 0. The fourth-order valence-corrected chi connectivity index (χ4v) is 4.77. The minimum Gasteiger partial charge on any atom is -0.457 e. The van der Waals surface area contributed by atoms with Crippen molar-refractivity contribution in [2.24, 2.45) is 0 Å². The zero-order valence-electron chi connectivity index (χ0n) is 20.6. The van der Waals surface area contributed by atoms with Gasteiger partial charge in [-0.15, -0.1) is 0 Å². The molecule has 1 fully saturated rings. The average molecular weight is 485 g/mol. The highest BCUT2D eigenvalue weighted by Gasteiger charge is 2.22. The molecule has 6 nitrogen and oxygen atoms in total.